The van der Waals surface area contributed by atoms with Gasteiger partial charge in [-0.2, -0.15) is 0 Å². The summed E-state index contributed by atoms with van der Waals surface area (Å²) >= 11 is 17.7. The molecule has 0 fully saturated rings. The second-order valence-electron chi connectivity index (χ2n) is 6.69. The Morgan fingerprint density at radius 1 is 0.844 bits per heavy atom. The first-order valence-corrected chi connectivity index (χ1v) is 10.5. The summed E-state index contributed by atoms with van der Waals surface area (Å²) in [4.78, 5) is 23.6. The molecule has 0 spiro atoms. The predicted octanol–water partition coefficient (Wildman–Crippen LogP) is 5.62. The highest BCUT2D eigenvalue weighted by Gasteiger charge is 2.14. The number of rotatable bonds is 9. The maximum absolute atomic E-state index is 12.1. The van der Waals surface area contributed by atoms with Crippen molar-refractivity contribution in [3.63, 3.8) is 0 Å². The van der Waals surface area contributed by atoms with Gasteiger partial charge in [0.05, 0.1) is 10.0 Å². The van der Waals surface area contributed by atoms with Crippen molar-refractivity contribution in [3.05, 3.63) is 92.4 Å². The molecule has 0 radical (unpaired) electrons. The first-order valence-electron chi connectivity index (χ1n) is 9.40. The van der Waals surface area contributed by atoms with E-state index in [0.717, 1.165) is 11.1 Å². The Morgan fingerprint density at radius 2 is 1.56 bits per heavy atom. The number of hydrogen-bond acceptors (Lipinski definition) is 4. The number of ether oxygens (including phenoxy) is 2. The Morgan fingerprint density at radius 3 is 2.25 bits per heavy atom. The summed E-state index contributed by atoms with van der Waals surface area (Å²) in [5.41, 5.74) is 1.59. The zero-order valence-corrected chi connectivity index (χ0v) is 18.9. The van der Waals surface area contributed by atoms with Gasteiger partial charge in [0, 0.05) is 17.6 Å². The third-order valence-electron chi connectivity index (χ3n) is 4.33. The van der Waals surface area contributed by atoms with Crippen molar-refractivity contribution >= 4 is 46.7 Å². The monoisotopic (exact) mass is 493 g/mol. The fraction of sp³-hybridized carbons (Fsp3) is 0.130. The summed E-state index contributed by atoms with van der Waals surface area (Å²) in [6.07, 6.45) is 0. The number of carbonyl (C=O) groups is 2. The summed E-state index contributed by atoms with van der Waals surface area (Å²) in [6, 6.07) is 16.3. The van der Waals surface area contributed by atoms with E-state index in [-0.39, 0.29) is 37.0 Å². The van der Waals surface area contributed by atoms with Crippen LogP contribution in [-0.4, -0.2) is 23.6 Å². The van der Waals surface area contributed by atoms with E-state index in [1.165, 1.54) is 18.2 Å². The average molecular weight is 495 g/mol. The summed E-state index contributed by atoms with van der Waals surface area (Å²) in [5.74, 6) is -1.07. The third kappa shape index (κ3) is 6.79. The smallest absolute Gasteiger partial charge is 0.339 e. The van der Waals surface area contributed by atoms with Crippen LogP contribution in [0, 0.1) is 0 Å². The summed E-state index contributed by atoms with van der Waals surface area (Å²) in [6.45, 7) is 0.141. The van der Waals surface area contributed by atoms with Crippen LogP contribution in [0.25, 0.3) is 0 Å². The molecule has 6 nitrogen and oxygen atoms in total. The van der Waals surface area contributed by atoms with E-state index in [9.17, 15) is 14.7 Å². The van der Waals surface area contributed by atoms with Crippen molar-refractivity contribution in [3.8, 4) is 11.5 Å². The van der Waals surface area contributed by atoms with Crippen LogP contribution in [0.15, 0.2) is 60.7 Å². The third-order valence-corrected chi connectivity index (χ3v) is 5.33. The lowest BCUT2D eigenvalue weighted by molar-refractivity contribution is -0.123. The van der Waals surface area contributed by atoms with Crippen LogP contribution in [0.2, 0.25) is 15.1 Å². The van der Waals surface area contributed by atoms with Crippen molar-refractivity contribution in [2.45, 2.75) is 13.2 Å². The topological polar surface area (TPSA) is 84.9 Å². The van der Waals surface area contributed by atoms with Crippen LogP contribution < -0.4 is 14.8 Å². The second-order valence-corrected chi connectivity index (χ2v) is 7.94. The number of hydrogen-bond donors (Lipinski definition) is 2. The molecule has 0 aliphatic rings. The van der Waals surface area contributed by atoms with Crippen molar-refractivity contribution in [2.75, 3.05) is 6.61 Å². The van der Waals surface area contributed by atoms with E-state index in [4.69, 9.17) is 44.3 Å². The van der Waals surface area contributed by atoms with E-state index >= 15 is 0 Å². The molecule has 0 saturated heterocycles. The Balaban J connectivity index is 1.58. The van der Waals surface area contributed by atoms with Crippen LogP contribution in [-0.2, 0) is 17.9 Å². The number of halogens is 3. The molecule has 0 aliphatic heterocycles. The fourth-order valence-electron chi connectivity index (χ4n) is 2.68. The van der Waals surface area contributed by atoms with Gasteiger partial charge < -0.3 is 19.9 Å². The normalized spacial score (nSPS) is 10.5. The molecule has 0 unspecified atom stereocenters. The van der Waals surface area contributed by atoms with Crippen LogP contribution in [0.4, 0.5) is 0 Å². The standard InChI is InChI=1S/C23H18Cl3NO5/c24-16-4-1-14(2-5-16)12-32-21-10-17(6-7-18(21)23(29)30)31-13-22(28)27-11-15-3-8-19(25)20(26)9-15/h1-10H,11-13H2,(H,27,28)(H,29,30). The number of carboxylic acids is 1. The highest BCUT2D eigenvalue weighted by Crippen LogP contribution is 2.26. The fourth-order valence-corrected chi connectivity index (χ4v) is 3.13. The molecule has 2 N–H and O–H groups in total. The minimum Gasteiger partial charge on any atom is -0.488 e. The lowest BCUT2D eigenvalue weighted by Gasteiger charge is -2.12. The van der Waals surface area contributed by atoms with E-state index < -0.39 is 5.97 Å². The quantitative estimate of drug-likeness (QED) is 0.403. The van der Waals surface area contributed by atoms with Crippen molar-refractivity contribution < 1.29 is 24.2 Å². The van der Waals surface area contributed by atoms with Gasteiger partial charge in [-0.15, -0.1) is 0 Å². The molecule has 0 aliphatic carbocycles. The second kappa shape index (κ2) is 11.1. The number of aromatic carboxylic acids is 1. The Labute approximate surface area is 199 Å². The first kappa shape index (κ1) is 23.7. The predicted molar refractivity (Wildman–Crippen MR) is 123 cm³/mol. The van der Waals surface area contributed by atoms with Crippen molar-refractivity contribution in [2.24, 2.45) is 0 Å². The lowest BCUT2D eigenvalue weighted by atomic mass is 10.2. The minimum atomic E-state index is -1.14. The van der Waals surface area contributed by atoms with E-state index in [0.29, 0.717) is 20.8 Å². The maximum Gasteiger partial charge on any atom is 0.339 e. The van der Waals surface area contributed by atoms with Crippen molar-refractivity contribution in [1.82, 2.24) is 5.32 Å². The number of amides is 1. The largest absolute Gasteiger partial charge is 0.488 e. The van der Waals surface area contributed by atoms with Gasteiger partial charge >= 0.3 is 5.97 Å². The van der Waals surface area contributed by atoms with Crippen LogP contribution in [0.5, 0.6) is 11.5 Å². The van der Waals surface area contributed by atoms with E-state index in [1.807, 2.05) is 0 Å². The summed E-state index contributed by atoms with van der Waals surface area (Å²) < 4.78 is 11.2. The number of carboxylic acid groups (broad SMARTS) is 1. The molecule has 0 heterocycles. The summed E-state index contributed by atoms with van der Waals surface area (Å²) in [5, 5.41) is 13.5. The van der Waals surface area contributed by atoms with Crippen LogP contribution in [0.1, 0.15) is 21.5 Å². The molecule has 166 valence electrons. The number of benzene rings is 3. The van der Waals surface area contributed by atoms with Gasteiger partial charge in [-0.25, -0.2) is 4.79 Å². The Hall–Kier alpha value is -2.93. The lowest BCUT2D eigenvalue weighted by Crippen LogP contribution is -2.28. The van der Waals surface area contributed by atoms with Crippen LogP contribution in [0.3, 0.4) is 0 Å². The molecular weight excluding hydrogens is 477 g/mol. The molecule has 0 saturated carbocycles. The molecule has 3 aromatic carbocycles. The molecule has 0 bridgehead atoms. The first-order chi connectivity index (χ1) is 15.3. The van der Waals surface area contributed by atoms with Gasteiger partial charge in [-0.1, -0.05) is 53.0 Å². The van der Waals surface area contributed by atoms with Gasteiger partial charge in [0.1, 0.15) is 23.7 Å². The minimum absolute atomic E-state index is 0.0182. The number of nitrogens with one attached hydrogen (secondary N) is 1. The van der Waals surface area contributed by atoms with Crippen molar-refractivity contribution in [1.29, 1.82) is 0 Å². The SMILES string of the molecule is O=C(COc1ccc(C(=O)O)c(OCc2ccc(Cl)cc2)c1)NCc1ccc(Cl)c(Cl)c1. The molecule has 0 atom stereocenters. The van der Waals surface area contributed by atoms with Gasteiger partial charge in [0.2, 0.25) is 0 Å². The highest BCUT2D eigenvalue weighted by atomic mass is 35.5. The zero-order valence-electron chi connectivity index (χ0n) is 16.6. The Bertz CT molecular complexity index is 1120. The van der Waals surface area contributed by atoms with E-state index in [1.54, 1.807) is 42.5 Å². The van der Waals surface area contributed by atoms with Crippen LogP contribution >= 0.6 is 34.8 Å². The van der Waals surface area contributed by atoms with Gasteiger partial charge in [-0.3, -0.25) is 4.79 Å². The Kier molecular flexibility index (Phi) is 8.22. The molecule has 3 rings (SSSR count). The molecular formula is C23H18Cl3NO5. The molecule has 9 heteroatoms. The zero-order chi connectivity index (χ0) is 23.1. The molecule has 32 heavy (non-hydrogen) atoms. The van der Waals surface area contributed by atoms with Gasteiger partial charge in [0.15, 0.2) is 6.61 Å². The highest BCUT2D eigenvalue weighted by molar-refractivity contribution is 6.42. The van der Waals surface area contributed by atoms with E-state index in [2.05, 4.69) is 5.32 Å². The summed E-state index contributed by atoms with van der Waals surface area (Å²) in [7, 11) is 0. The molecule has 1 amide bonds. The average Bonchev–Trinajstić information content (AvgIpc) is 2.78. The molecule has 0 aromatic heterocycles. The molecule has 3 aromatic rings. The van der Waals surface area contributed by atoms with Gasteiger partial charge in [0.25, 0.3) is 5.91 Å². The number of carbonyl (C=O) groups excluding carboxylic acids is 1. The van der Waals surface area contributed by atoms with Gasteiger partial charge in [-0.05, 0) is 47.5 Å². The maximum atomic E-state index is 12.1.